The van der Waals surface area contributed by atoms with Gasteiger partial charge in [0.05, 0.1) is 0 Å². The number of carbonyl (C=O) groups excluding carboxylic acids is 1. The van der Waals surface area contributed by atoms with Gasteiger partial charge < -0.3 is 10.6 Å². The van der Waals surface area contributed by atoms with Gasteiger partial charge in [-0.15, -0.1) is 10.2 Å². The van der Waals surface area contributed by atoms with Crippen molar-refractivity contribution in [2.45, 2.75) is 6.54 Å². The number of carbonyl (C=O) groups is 1. The molecule has 1 aliphatic heterocycles. The monoisotopic (exact) mass is 303 g/mol. The van der Waals surface area contributed by atoms with Crippen molar-refractivity contribution in [3.63, 3.8) is 0 Å². The fourth-order valence-corrected chi connectivity index (χ4v) is 2.98. The van der Waals surface area contributed by atoms with E-state index in [9.17, 15) is 4.79 Å². The third kappa shape index (κ3) is 3.37. The molecule has 0 atom stereocenters. The van der Waals surface area contributed by atoms with E-state index in [1.165, 1.54) is 5.56 Å². The van der Waals surface area contributed by atoms with E-state index in [0.29, 0.717) is 23.2 Å². The molecule has 6 nitrogen and oxygen atoms in total. The molecule has 0 bridgehead atoms. The Morgan fingerprint density at radius 3 is 2.48 bits per heavy atom. The minimum atomic E-state index is -0.0661. The molecule has 2 aromatic rings. The van der Waals surface area contributed by atoms with Gasteiger partial charge in [-0.1, -0.05) is 41.7 Å². The Bertz CT molecular complexity index is 607. The summed E-state index contributed by atoms with van der Waals surface area (Å²) in [4.78, 5) is 16.4. The first-order chi connectivity index (χ1) is 10.2. The van der Waals surface area contributed by atoms with Crippen LogP contribution in [0.5, 0.6) is 0 Å². The van der Waals surface area contributed by atoms with Crippen LogP contribution in [0.3, 0.4) is 0 Å². The van der Waals surface area contributed by atoms with Gasteiger partial charge in [0.15, 0.2) is 0 Å². The standard InChI is InChI=1S/C14H17N5OS/c15-14-17-16-12(21-14)13(20)19-8-6-18(7-9-19)10-11-4-2-1-3-5-11/h1-5H,6-10H2,(H2,15,17). The molecule has 7 heteroatoms. The van der Waals surface area contributed by atoms with Crippen LogP contribution in [-0.2, 0) is 6.54 Å². The number of hydrogen-bond donors (Lipinski definition) is 1. The van der Waals surface area contributed by atoms with Gasteiger partial charge in [0.25, 0.3) is 5.91 Å². The molecule has 0 unspecified atom stereocenters. The van der Waals surface area contributed by atoms with Crippen molar-refractivity contribution < 1.29 is 4.79 Å². The van der Waals surface area contributed by atoms with Crippen molar-refractivity contribution in [2.24, 2.45) is 0 Å². The smallest absolute Gasteiger partial charge is 0.284 e. The first-order valence-corrected chi connectivity index (χ1v) is 7.68. The van der Waals surface area contributed by atoms with Crippen LogP contribution in [0, 0.1) is 0 Å². The third-order valence-corrected chi connectivity index (χ3v) is 4.27. The van der Waals surface area contributed by atoms with Gasteiger partial charge in [-0.05, 0) is 5.56 Å². The Morgan fingerprint density at radius 2 is 1.86 bits per heavy atom. The molecule has 0 radical (unpaired) electrons. The van der Waals surface area contributed by atoms with Crippen LogP contribution in [0.4, 0.5) is 5.13 Å². The maximum Gasteiger partial charge on any atom is 0.284 e. The Hall–Kier alpha value is -1.99. The first kappa shape index (κ1) is 14.0. The van der Waals surface area contributed by atoms with Crippen LogP contribution in [0.2, 0.25) is 0 Å². The second-order valence-corrected chi connectivity index (χ2v) is 6.01. The topological polar surface area (TPSA) is 75.3 Å². The number of hydrogen-bond acceptors (Lipinski definition) is 6. The summed E-state index contributed by atoms with van der Waals surface area (Å²) < 4.78 is 0. The second kappa shape index (κ2) is 6.19. The number of anilines is 1. The highest BCUT2D eigenvalue weighted by Gasteiger charge is 2.24. The van der Waals surface area contributed by atoms with E-state index < -0.39 is 0 Å². The summed E-state index contributed by atoms with van der Waals surface area (Å²) in [6.45, 7) is 4.09. The van der Waals surface area contributed by atoms with Crippen LogP contribution in [0.1, 0.15) is 15.4 Å². The number of rotatable bonds is 3. The Morgan fingerprint density at radius 1 is 1.14 bits per heavy atom. The van der Waals surface area contributed by atoms with E-state index in [4.69, 9.17) is 5.73 Å². The second-order valence-electron chi connectivity index (χ2n) is 5.00. The summed E-state index contributed by atoms with van der Waals surface area (Å²) in [6, 6.07) is 10.4. The van der Waals surface area contributed by atoms with Crippen molar-refractivity contribution in [2.75, 3.05) is 31.9 Å². The molecule has 1 aliphatic rings. The van der Waals surface area contributed by atoms with Crippen molar-refractivity contribution in [1.82, 2.24) is 20.0 Å². The van der Waals surface area contributed by atoms with Crippen molar-refractivity contribution >= 4 is 22.4 Å². The Kier molecular flexibility index (Phi) is 4.12. The summed E-state index contributed by atoms with van der Waals surface area (Å²) in [5.41, 5.74) is 6.82. The number of aromatic nitrogens is 2. The molecule has 21 heavy (non-hydrogen) atoms. The molecule has 2 heterocycles. The van der Waals surface area contributed by atoms with Gasteiger partial charge in [-0.25, -0.2) is 0 Å². The van der Waals surface area contributed by atoms with Gasteiger partial charge in [0.1, 0.15) is 0 Å². The van der Waals surface area contributed by atoms with Crippen LogP contribution in [0.25, 0.3) is 0 Å². The van der Waals surface area contributed by atoms with Crippen molar-refractivity contribution in [1.29, 1.82) is 0 Å². The summed E-state index contributed by atoms with van der Waals surface area (Å²) in [5.74, 6) is -0.0661. The zero-order chi connectivity index (χ0) is 14.7. The average molecular weight is 303 g/mol. The lowest BCUT2D eigenvalue weighted by Gasteiger charge is -2.34. The van der Waals surface area contributed by atoms with E-state index in [2.05, 4.69) is 39.4 Å². The lowest BCUT2D eigenvalue weighted by Crippen LogP contribution is -2.48. The average Bonchev–Trinajstić information content (AvgIpc) is 2.95. The molecule has 0 spiro atoms. The molecule has 1 amide bonds. The molecular weight excluding hydrogens is 286 g/mol. The predicted molar refractivity (Wildman–Crippen MR) is 81.9 cm³/mol. The zero-order valence-electron chi connectivity index (χ0n) is 11.6. The molecule has 1 saturated heterocycles. The lowest BCUT2D eigenvalue weighted by atomic mass is 10.2. The lowest BCUT2D eigenvalue weighted by molar-refractivity contribution is 0.0627. The summed E-state index contributed by atoms with van der Waals surface area (Å²) in [5, 5.41) is 8.22. The SMILES string of the molecule is Nc1nnc(C(=O)N2CCN(Cc3ccccc3)CC2)s1. The van der Waals surface area contributed by atoms with Gasteiger partial charge in [0.2, 0.25) is 10.1 Å². The number of nitrogen functional groups attached to an aromatic ring is 1. The van der Waals surface area contributed by atoms with Gasteiger partial charge in [-0.3, -0.25) is 9.69 Å². The maximum absolute atomic E-state index is 12.2. The number of nitrogens with zero attached hydrogens (tertiary/aromatic N) is 4. The highest BCUT2D eigenvalue weighted by molar-refractivity contribution is 7.16. The largest absolute Gasteiger partial charge is 0.374 e. The fourth-order valence-electron chi connectivity index (χ4n) is 2.41. The summed E-state index contributed by atoms with van der Waals surface area (Å²) in [7, 11) is 0. The first-order valence-electron chi connectivity index (χ1n) is 6.87. The molecule has 0 aliphatic carbocycles. The molecule has 1 aromatic heterocycles. The molecule has 110 valence electrons. The normalized spacial score (nSPS) is 16.1. The van der Waals surface area contributed by atoms with Gasteiger partial charge in [-0.2, -0.15) is 0 Å². The third-order valence-electron chi connectivity index (χ3n) is 3.53. The number of benzene rings is 1. The predicted octanol–water partition coefficient (Wildman–Crippen LogP) is 1.08. The highest BCUT2D eigenvalue weighted by Crippen LogP contribution is 2.15. The zero-order valence-corrected chi connectivity index (χ0v) is 12.4. The Labute approximate surface area is 127 Å². The summed E-state index contributed by atoms with van der Waals surface area (Å²) in [6.07, 6.45) is 0. The van der Waals surface area contributed by atoms with E-state index in [1.807, 2.05) is 11.0 Å². The summed E-state index contributed by atoms with van der Waals surface area (Å²) >= 11 is 1.14. The minimum Gasteiger partial charge on any atom is -0.374 e. The van der Waals surface area contributed by atoms with Crippen molar-refractivity contribution in [3.05, 3.63) is 40.9 Å². The number of piperazine rings is 1. The highest BCUT2D eigenvalue weighted by atomic mass is 32.1. The van der Waals surface area contributed by atoms with E-state index in [0.717, 1.165) is 31.0 Å². The van der Waals surface area contributed by atoms with Crippen LogP contribution in [0.15, 0.2) is 30.3 Å². The molecular formula is C14H17N5OS. The molecule has 1 aromatic carbocycles. The molecule has 3 rings (SSSR count). The van der Waals surface area contributed by atoms with Crippen LogP contribution < -0.4 is 5.73 Å². The van der Waals surface area contributed by atoms with E-state index in [1.54, 1.807) is 0 Å². The minimum absolute atomic E-state index is 0.0661. The number of amides is 1. The quantitative estimate of drug-likeness (QED) is 0.918. The molecule has 2 N–H and O–H groups in total. The van der Waals surface area contributed by atoms with E-state index >= 15 is 0 Å². The molecule has 0 saturated carbocycles. The van der Waals surface area contributed by atoms with E-state index in [-0.39, 0.29) is 5.91 Å². The maximum atomic E-state index is 12.2. The van der Waals surface area contributed by atoms with Crippen molar-refractivity contribution in [3.8, 4) is 0 Å². The van der Waals surface area contributed by atoms with Gasteiger partial charge >= 0.3 is 0 Å². The fraction of sp³-hybridized carbons (Fsp3) is 0.357. The van der Waals surface area contributed by atoms with Gasteiger partial charge in [0, 0.05) is 32.7 Å². The van der Waals surface area contributed by atoms with Crippen LogP contribution in [-0.4, -0.2) is 52.1 Å². The Balaban J connectivity index is 1.54. The van der Waals surface area contributed by atoms with Crippen LogP contribution >= 0.6 is 11.3 Å². The molecule has 1 fully saturated rings. The number of nitrogens with two attached hydrogens (primary N) is 1.